The third-order valence-corrected chi connectivity index (χ3v) is 4.48. The molecular formula is C12H7F3INO2S. The summed E-state index contributed by atoms with van der Waals surface area (Å²) in [6, 6.07) is 6.75. The van der Waals surface area contributed by atoms with Crippen molar-refractivity contribution in [3.63, 3.8) is 0 Å². The Morgan fingerprint density at radius 3 is 1.95 bits per heavy atom. The van der Waals surface area contributed by atoms with Gasteiger partial charge in [0.25, 0.3) is 10.0 Å². The van der Waals surface area contributed by atoms with E-state index < -0.39 is 32.4 Å². The summed E-state index contributed by atoms with van der Waals surface area (Å²) in [5.41, 5.74) is 0.147. The standard InChI is InChI=1S/C12H7F3INO2S/c13-7-5-10(14)12(11(15)6-7)20(18,19)17-9-3-1-8(16)2-4-9/h1-6,17H. The topological polar surface area (TPSA) is 46.2 Å². The van der Waals surface area contributed by atoms with Crippen LogP contribution in [-0.2, 0) is 10.0 Å². The fraction of sp³-hybridized carbons (Fsp3) is 0. The van der Waals surface area contributed by atoms with Crippen LogP contribution in [0.4, 0.5) is 18.9 Å². The Balaban J connectivity index is 2.43. The Hall–Kier alpha value is -1.29. The van der Waals surface area contributed by atoms with Crippen LogP contribution < -0.4 is 4.72 Å². The van der Waals surface area contributed by atoms with Gasteiger partial charge in [0.05, 0.1) is 0 Å². The number of halogens is 4. The molecule has 0 aliphatic rings. The molecule has 0 spiro atoms. The van der Waals surface area contributed by atoms with Gasteiger partial charge in [-0.1, -0.05) is 0 Å². The van der Waals surface area contributed by atoms with Crippen LogP contribution in [0.25, 0.3) is 0 Å². The first-order valence-electron chi connectivity index (χ1n) is 5.22. The van der Waals surface area contributed by atoms with Gasteiger partial charge in [0.15, 0.2) is 4.90 Å². The van der Waals surface area contributed by atoms with Crippen LogP contribution in [0.15, 0.2) is 41.3 Å². The molecule has 20 heavy (non-hydrogen) atoms. The van der Waals surface area contributed by atoms with Gasteiger partial charge >= 0.3 is 0 Å². The zero-order chi connectivity index (χ0) is 14.9. The minimum Gasteiger partial charge on any atom is -0.279 e. The highest BCUT2D eigenvalue weighted by Crippen LogP contribution is 2.23. The first-order chi connectivity index (χ1) is 9.29. The smallest absolute Gasteiger partial charge is 0.267 e. The van der Waals surface area contributed by atoms with Crippen molar-refractivity contribution in [2.45, 2.75) is 4.90 Å². The van der Waals surface area contributed by atoms with Crippen molar-refractivity contribution in [1.82, 2.24) is 0 Å². The molecule has 0 bridgehead atoms. The summed E-state index contributed by atoms with van der Waals surface area (Å²) < 4.78 is 66.5. The fourth-order valence-corrected chi connectivity index (χ4v) is 3.05. The first-order valence-corrected chi connectivity index (χ1v) is 7.79. The van der Waals surface area contributed by atoms with E-state index in [1.54, 1.807) is 12.1 Å². The van der Waals surface area contributed by atoms with Crippen LogP contribution in [0.2, 0.25) is 0 Å². The quantitative estimate of drug-likeness (QED) is 0.784. The van der Waals surface area contributed by atoms with Crippen molar-refractivity contribution in [2.24, 2.45) is 0 Å². The lowest BCUT2D eigenvalue weighted by Crippen LogP contribution is -2.16. The summed E-state index contributed by atoms with van der Waals surface area (Å²) in [6.07, 6.45) is 0. The third-order valence-electron chi connectivity index (χ3n) is 2.33. The largest absolute Gasteiger partial charge is 0.279 e. The summed E-state index contributed by atoms with van der Waals surface area (Å²) in [6.45, 7) is 0. The van der Waals surface area contributed by atoms with E-state index in [-0.39, 0.29) is 5.69 Å². The van der Waals surface area contributed by atoms with E-state index in [0.29, 0.717) is 12.1 Å². The molecule has 2 rings (SSSR count). The van der Waals surface area contributed by atoms with Crippen LogP contribution in [0.5, 0.6) is 0 Å². The van der Waals surface area contributed by atoms with Crippen LogP contribution in [0.1, 0.15) is 0 Å². The van der Waals surface area contributed by atoms with E-state index in [4.69, 9.17) is 0 Å². The lowest BCUT2D eigenvalue weighted by molar-refractivity contribution is 0.498. The Labute approximate surface area is 127 Å². The van der Waals surface area contributed by atoms with Crippen LogP contribution in [-0.4, -0.2) is 8.42 Å². The molecule has 0 aliphatic carbocycles. The predicted molar refractivity (Wildman–Crippen MR) is 76.3 cm³/mol. The molecule has 0 atom stereocenters. The average molecular weight is 413 g/mol. The number of benzene rings is 2. The molecule has 0 unspecified atom stereocenters. The lowest BCUT2D eigenvalue weighted by atomic mass is 10.3. The predicted octanol–water partition coefficient (Wildman–Crippen LogP) is 3.51. The zero-order valence-corrected chi connectivity index (χ0v) is 12.7. The van der Waals surface area contributed by atoms with Crippen molar-refractivity contribution in [1.29, 1.82) is 0 Å². The van der Waals surface area contributed by atoms with Crippen molar-refractivity contribution in [3.05, 3.63) is 57.4 Å². The second kappa shape index (κ2) is 5.60. The minimum absolute atomic E-state index is 0.147. The zero-order valence-electron chi connectivity index (χ0n) is 9.70. The molecule has 2 aromatic rings. The highest BCUT2D eigenvalue weighted by atomic mass is 127. The molecule has 0 fully saturated rings. The molecular weight excluding hydrogens is 406 g/mol. The molecule has 1 N–H and O–H groups in total. The highest BCUT2D eigenvalue weighted by molar-refractivity contribution is 14.1. The summed E-state index contributed by atoms with van der Waals surface area (Å²) in [5, 5.41) is 0. The molecule has 106 valence electrons. The maximum Gasteiger partial charge on any atom is 0.267 e. The summed E-state index contributed by atoms with van der Waals surface area (Å²) >= 11 is 2.02. The second-order valence-corrected chi connectivity index (χ2v) is 6.68. The Morgan fingerprint density at radius 1 is 0.950 bits per heavy atom. The van der Waals surface area contributed by atoms with E-state index in [9.17, 15) is 21.6 Å². The van der Waals surface area contributed by atoms with Gasteiger partial charge in [-0.3, -0.25) is 4.72 Å². The molecule has 0 saturated carbocycles. The minimum atomic E-state index is -4.47. The molecule has 2 aromatic carbocycles. The number of hydrogen-bond donors (Lipinski definition) is 1. The van der Waals surface area contributed by atoms with Gasteiger partial charge in [-0.05, 0) is 46.9 Å². The Morgan fingerprint density at radius 2 is 1.45 bits per heavy atom. The van der Waals surface area contributed by atoms with Crippen molar-refractivity contribution in [3.8, 4) is 0 Å². The van der Waals surface area contributed by atoms with Crippen molar-refractivity contribution >= 4 is 38.3 Å². The summed E-state index contributed by atoms with van der Waals surface area (Å²) in [5.74, 6) is -4.16. The molecule has 0 aliphatic heterocycles. The molecule has 0 aromatic heterocycles. The van der Waals surface area contributed by atoms with E-state index in [0.717, 1.165) is 3.57 Å². The number of rotatable bonds is 3. The molecule has 8 heteroatoms. The van der Waals surface area contributed by atoms with E-state index >= 15 is 0 Å². The van der Waals surface area contributed by atoms with E-state index in [1.807, 2.05) is 27.3 Å². The van der Waals surface area contributed by atoms with Gasteiger partial charge in [-0.15, -0.1) is 0 Å². The van der Waals surface area contributed by atoms with Gasteiger partial charge < -0.3 is 0 Å². The van der Waals surface area contributed by atoms with Crippen molar-refractivity contribution in [2.75, 3.05) is 4.72 Å². The van der Waals surface area contributed by atoms with Crippen LogP contribution in [0, 0.1) is 21.0 Å². The first kappa shape index (κ1) is 15.1. The number of hydrogen-bond acceptors (Lipinski definition) is 2. The molecule has 0 heterocycles. The molecule has 0 radical (unpaired) electrons. The van der Waals surface area contributed by atoms with E-state index in [2.05, 4.69) is 0 Å². The van der Waals surface area contributed by atoms with Gasteiger partial charge in [0.2, 0.25) is 0 Å². The lowest BCUT2D eigenvalue weighted by Gasteiger charge is -2.10. The summed E-state index contributed by atoms with van der Waals surface area (Å²) in [7, 11) is -4.47. The third kappa shape index (κ3) is 3.23. The average Bonchev–Trinajstić information content (AvgIpc) is 2.30. The van der Waals surface area contributed by atoms with Crippen LogP contribution >= 0.6 is 22.6 Å². The molecule has 3 nitrogen and oxygen atoms in total. The summed E-state index contributed by atoms with van der Waals surface area (Å²) in [4.78, 5) is -1.21. The van der Waals surface area contributed by atoms with Gasteiger partial charge in [0.1, 0.15) is 17.5 Å². The highest BCUT2D eigenvalue weighted by Gasteiger charge is 2.25. The molecule has 0 saturated heterocycles. The number of anilines is 1. The maximum atomic E-state index is 13.5. The fourth-order valence-electron chi connectivity index (χ4n) is 1.51. The SMILES string of the molecule is O=S(=O)(Nc1ccc(I)cc1)c1c(F)cc(F)cc1F. The van der Waals surface area contributed by atoms with Gasteiger partial charge in [0, 0.05) is 21.4 Å². The molecule has 0 amide bonds. The van der Waals surface area contributed by atoms with E-state index in [1.165, 1.54) is 12.1 Å². The monoisotopic (exact) mass is 413 g/mol. The van der Waals surface area contributed by atoms with Crippen LogP contribution in [0.3, 0.4) is 0 Å². The van der Waals surface area contributed by atoms with Gasteiger partial charge in [-0.2, -0.15) is 0 Å². The Kier molecular flexibility index (Phi) is 4.23. The Bertz CT molecular complexity index is 725. The second-order valence-electron chi connectivity index (χ2n) is 3.81. The number of nitrogens with one attached hydrogen (secondary N) is 1. The number of sulfonamides is 1. The maximum absolute atomic E-state index is 13.5. The normalized spacial score (nSPS) is 11.4. The van der Waals surface area contributed by atoms with Gasteiger partial charge in [-0.25, -0.2) is 21.6 Å². The van der Waals surface area contributed by atoms with Crippen molar-refractivity contribution < 1.29 is 21.6 Å².